The van der Waals surface area contributed by atoms with Crippen molar-refractivity contribution in [2.45, 2.75) is 20.8 Å². The topological polar surface area (TPSA) is 87.4 Å². The summed E-state index contributed by atoms with van der Waals surface area (Å²) in [4.78, 5) is 26.0. The maximum absolute atomic E-state index is 12.6. The number of benzene rings is 1. The number of rotatable bonds is 4. The van der Waals surface area contributed by atoms with Crippen LogP contribution < -0.4 is 15.1 Å². The van der Waals surface area contributed by atoms with Crippen molar-refractivity contribution in [3.8, 4) is 0 Å². The fourth-order valence-corrected chi connectivity index (χ4v) is 3.45. The third kappa shape index (κ3) is 4.37. The third-order valence-corrected chi connectivity index (χ3v) is 4.90. The summed E-state index contributed by atoms with van der Waals surface area (Å²) in [6, 6.07) is 11.9. The van der Waals surface area contributed by atoms with Crippen molar-refractivity contribution in [3.05, 3.63) is 59.2 Å². The van der Waals surface area contributed by atoms with Crippen LogP contribution in [-0.4, -0.2) is 47.2 Å². The minimum Gasteiger partial charge on any atom is -0.368 e. The molecular weight excluding hydrogens is 368 g/mol. The van der Waals surface area contributed by atoms with Gasteiger partial charge in [0.25, 0.3) is 5.91 Å². The van der Waals surface area contributed by atoms with Crippen molar-refractivity contribution in [3.63, 3.8) is 0 Å². The Labute approximate surface area is 169 Å². The number of amides is 1. The van der Waals surface area contributed by atoms with Gasteiger partial charge in [-0.25, -0.2) is 9.97 Å². The van der Waals surface area contributed by atoms with Crippen LogP contribution in [0.15, 0.2) is 40.9 Å². The Bertz CT molecular complexity index is 1020. The number of nitrogens with zero attached hydrogens (tertiary/aromatic N) is 5. The predicted molar refractivity (Wildman–Crippen MR) is 112 cm³/mol. The molecule has 150 valence electrons. The molecule has 1 aromatic carbocycles. The number of aromatic nitrogens is 3. The van der Waals surface area contributed by atoms with Gasteiger partial charge in [-0.05, 0) is 38.5 Å². The maximum Gasteiger partial charge on any atom is 0.275 e. The number of piperazine rings is 1. The number of hydrogen-bond acceptors (Lipinski definition) is 7. The van der Waals surface area contributed by atoms with E-state index in [4.69, 9.17) is 4.52 Å². The van der Waals surface area contributed by atoms with Crippen molar-refractivity contribution < 1.29 is 9.32 Å². The van der Waals surface area contributed by atoms with Crippen LogP contribution >= 0.6 is 0 Å². The molecule has 2 aromatic heterocycles. The van der Waals surface area contributed by atoms with Gasteiger partial charge in [-0.2, -0.15) is 0 Å². The van der Waals surface area contributed by atoms with Crippen LogP contribution in [0.1, 0.15) is 27.6 Å². The van der Waals surface area contributed by atoms with Crippen molar-refractivity contribution >= 4 is 23.2 Å². The Morgan fingerprint density at radius 2 is 1.76 bits per heavy atom. The highest BCUT2D eigenvalue weighted by atomic mass is 16.5. The van der Waals surface area contributed by atoms with E-state index in [1.165, 1.54) is 11.3 Å². The molecule has 8 heteroatoms. The highest BCUT2D eigenvalue weighted by Gasteiger charge is 2.21. The average Bonchev–Trinajstić information content (AvgIpc) is 3.12. The van der Waals surface area contributed by atoms with Crippen LogP contribution in [0.2, 0.25) is 0 Å². The van der Waals surface area contributed by atoms with Crippen LogP contribution in [0.25, 0.3) is 0 Å². The monoisotopic (exact) mass is 392 g/mol. The molecule has 1 amide bonds. The fourth-order valence-electron chi connectivity index (χ4n) is 3.45. The van der Waals surface area contributed by atoms with Gasteiger partial charge in [-0.15, -0.1) is 0 Å². The summed E-state index contributed by atoms with van der Waals surface area (Å²) in [5.41, 5.74) is 2.81. The second-order valence-corrected chi connectivity index (χ2v) is 7.25. The molecule has 0 radical (unpaired) electrons. The summed E-state index contributed by atoms with van der Waals surface area (Å²) >= 11 is 0. The van der Waals surface area contributed by atoms with E-state index in [-0.39, 0.29) is 5.91 Å². The molecule has 0 bridgehead atoms. The molecule has 1 aliphatic rings. The summed E-state index contributed by atoms with van der Waals surface area (Å²) < 4.78 is 4.99. The maximum atomic E-state index is 12.6. The van der Waals surface area contributed by atoms with Gasteiger partial charge in [-0.3, -0.25) is 4.79 Å². The summed E-state index contributed by atoms with van der Waals surface area (Å²) in [6.07, 6.45) is 0. The molecule has 1 N–H and O–H groups in total. The summed E-state index contributed by atoms with van der Waals surface area (Å²) in [7, 11) is 0. The minimum atomic E-state index is -0.330. The highest BCUT2D eigenvalue weighted by molar-refractivity contribution is 6.02. The van der Waals surface area contributed by atoms with Crippen molar-refractivity contribution in [2.75, 3.05) is 41.3 Å². The van der Waals surface area contributed by atoms with Crippen LogP contribution in [0, 0.1) is 20.8 Å². The van der Waals surface area contributed by atoms with Crippen LogP contribution in [0.5, 0.6) is 0 Å². The first-order valence-electron chi connectivity index (χ1n) is 9.65. The molecule has 1 fully saturated rings. The number of anilines is 3. The summed E-state index contributed by atoms with van der Waals surface area (Å²) in [5, 5.41) is 6.50. The largest absolute Gasteiger partial charge is 0.368 e. The van der Waals surface area contributed by atoms with Crippen molar-refractivity contribution in [1.82, 2.24) is 15.1 Å². The zero-order valence-electron chi connectivity index (χ0n) is 16.8. The Kier molecular flexibility index (Phi) is 5.16. The van der Waals surface area contributed by atoms with Gasteiger partial charge < -0.3 is 19.6 Å². The molecular formula is C21H24N6O2. The van der Waals surface area contributed by atoms with E-state index in [2.05, 4.69) is 61.4 Å². The summed E-state index contributed by atoms with van der Waals surface area (Å²) in [5.74, 6) is 2.00. The molecule has 29 heavy (non-hydrogen) atoms. The lowest BCUT2D eigenvalue weighted by molar-refractivity contribution is 0.102. The second kappa shape index (κ2) is 7.90. The summed E-state index contributed by atoms with van der Waals surface area (Å²) in [6.45, 7) is 9.12. The number of hydrogen-bond donors (Lipinski definition) is 1. The molecule has 3 heterocycles. The molecule has 0 aliphatic carbocycles. The molecule has 0 saturated carbocycles. The van der Waals surface area contributed by atoms with Gasteiger partial charge >= 0.3 is 0 Å². The average molecular weight is 392 g/mol. The smallest absolute Gasteiger partial charge is 0.275 e. The van der Waals surface area contributed by atoms with Crippen LogP contribution in [-0.2, 0) is 0 Å². The standard InChI is InChI=1S/C21H24N6O2/c1-14-5-4-6-17(11-14)26-7-9-27(10-8-26)20-13-18(22-16(3)23-20)21(28)24-19-12-15(2)29-25-19/h4-6,11-13H,7-10H2,1-3H3,(H,24,25,28). The van der Waals surface area contributed by atoms with Crippen LogP contribution in [0.4, 0.5) is 17.3 Å². The van der Waals surface area contributed by atoms with Crippen molar-refractivity contribution in [2.24, 2.45) is 0 Å². The first kappa shape index (κ1) is 18.9. The van der Waals surface area contributed by atoms with E-state index in [1.807, 2.05) is 0 Å². The van der Waals surface area contributed by atoms with E-state index >= 15 is 0 Å². The van der Waals surface area contributed by atoms with Gasteiger partial charge in [0.1, 0.15) is 23.1 Å². The molecule has 1 aliphatic heterocycles. The number of nitrogens with one attached hydrogen (secondary N) is 1. The lowest BCUT2D eigenvalue weighted by atomic mass is 10.2. The number of aryl methyl sites for hydroxylation is 3. The quantitative estimate of drug-likeness (QED) is 0.730. The van der Waals surface area contributed by atoms with E-state index in [0.29, 0.717) is 23.1 Å². The van der Waals surface area contributed by atoms with E-state index in [1.54, 1.807) is 26.0 Å². The number of carbonyl (C=O) groups is 1. The SMILES string of the molecule is Cc1cccc(N2CCN(c3cc(C(=O)Nc4cc(C)on4)nc(C)n3)CC2)c1. The molecule has 0 atom stereocenters. The van der Waals surface area contributed by atoms with Gasteiger partial charge in [0.15, 0.2) is 5.82 Å². The van der Waals surface area contributed by atoms with Gasteiger partial charge in [0, 0.05) is 44.0 Å². The van der Waals surface area contributed by atoms with Crippen molar-refractivity contribution in [1.29, 1.82) is 0 Å². The highest BCUT2D eigenvalue weighted by Crippen LogP contribution is 2.21. The molecule has 1 saturated heterocycles. The first-order valence-corrected chi connectivity index (χ1v) is 9.65. The third-order valence-electron chi connectivity index (χ3n) is 4.90. The Hall–Kier alpha value is -3.42. The Balaban J connectivity index is 1.46. The van der Waals surface area contributed by atoms with Gasteiger partial charge in [0.05, 0.1) is 0 Å². The normalized spacial score (nSPS) is 14.2. The Morgan fingerprint density at radius 1 is 1.00 bits per heavy atom. The second-order valence-electron chi connectivity index (χ2n) is 7.25. The van der Waals surface area contributed by atoms with E-state index in [0.717, 1.165) is 32.0 Å². The Morgan fingerprint density at radius 3 is 2.45 bits per heavy atom. The van der Waals surface area contributed by atoms with Gasteiger partial charge in [0.2, 0.25) is 0 Å². The van der Waals surface area contributed by atoms with E-state index in [9.17, 15) is 4.79 Å². The zero-order chi connectivity index (χ0) is 20.4. The predicted octanol–water partition coefficient (Wildman–Crippen LogP) is 2.97. The molecule has 8 nitrogen and oxygen atoms in total. The molecule has 0 spiro atoms. The lowest BCUT2D eigenvalue weighted by Crippen LogP contribution is -2.47. The molecule has 3 aromatic rings. The molecule has 0 unspecified atom stereocenters. The lowest BCUT2D eigenvalue weighted by Gasteiger charge is -2.37. The fraction of sp³-hybridized carbons (Fsp3) is 0.333. The zero-order valence-corrected chi connectivity index (χ0v) is 16.8. The van der Waals surface area contributed by atoms with Crippen LogP contribution in [0.3, 0.4) is 0 Å². The van der Waals surface area contributed by atoms with Gasteiger partial charge in [-0.1, -0.05) is 17.3 Å². The number of carbonyl (C=O) groups excluding carboxylic acids is 1. The first-order chi connectivity index (χ1) is 14.0. The molecule has 4 rings (SSSR count). The minimum absolute atomic E-state index is 0.314. The van der Waals surface area contributed by atoms with E-state index < -0.39 is 0 Å².